The average Bonchev–Trinajstić information content (AvgIpc) is 2.83. The molecule has 2 aromatic heterocycles. The molecule has 0 spiro atoms. The first-order valence-electron chi connectivity index (χ1n) is 11.3. The second-order valence-electron chi connectivity index (χ2n) is 8.97. The fourth-order valence-corrected chi connectivity index (χ4v) is 5.19. The van der Waals surface area contributed by atoms with Gasteiger partial charge in [-0.15, -0.1) is 11.8 Å². The number of thioether (sulfide) groups is 1. The average molecular weight is 502 g/mol. The molecule has 5 nitrogen and oxygen atoms in total. The van der Waals surface area contributed by atoms with Crippen molar-refractivity contribution in [2.75, 3.05) is 6.26 Å². The molecule has 4 rings (SSSR count). The number of aromatic nitrogens is 2. The second kappa shape index (κ2) is 10.5. The number of halogens is 3. The van der Waals surface area contributed by atoms with Crippen molar-refractivity contribution in [3.63, 3.8) is 0 Å². The van der Waals surface area contributed by atoms with E-state index in [1.165, 1.54) is 6.07 Å². The monoisotopic (exact) mass is 501 g/mol. The van der Waals surface area contributed by atoms with Crippen LogP contribution in [-0.4, -0.2) is 39.3 Å². The van der Waals surface area contributed by atoms with Crippen molar-refractivity contribution >= 4 is 17.5 Å². The van der Waals surface area contributed by atoms with E-state index in [1.807, 2.05) is 13.0 Å². The third-order valence-corrected chi connectivity index (χ3v) is 7.29. The molecule has 4 atom stereocenters. The SMILES string of the molecule is CSc1cc(F)c(-c2nc(C(=O)Cc3cnccc3[C@H]3C[C@@H](N)[C@@H](O)[C@@H](C)C3)ccc2F)c(F)c1. The lowest BCUT2D eigenvalue weighted by molar-refractivity contribution is 0.0519. The summed E-state index contributed by atoms with van der Waals surface area (Å²) in [5.41, 5.74) is 6.45. The molecule has 2 heterocycles. The Hall–Kier alpha value is -2.75. The molecule has 1 aromatic carbocycles. The molecule has 9 heteroatoms. The number of carbonyl (C=O) groups is 1. The van der Waals surface area contributed by atoms with Crippen LogP contribution in [0.15, 0.2) is 47.6 Å². The van der Waals surface area contributed by atoms with E-state index in [4.69, 9.17) is 5.73 Å². The highest BCUT2D eigenvalue weighted by atomic mass is 32.2. The number of aliphatic hydroxyl groups excluding tert-OH is 1. The molecule has 1 aliphatic rings. The Morgan fingerprint density at radius 1 is 1.14 bits per heavy atom. The first kappa shape index (κ1) is 25.3. The quantitative estimate of drug-likeness (QED) is 0.369. The van der Waals surface area contributed by atoms with Crippen molar-refractivity contribution in [1.82, 2.24) is 9.97 Å². The summed E-state index contributed by atoms with van der Waals surface area (Å²) in [7, 11) is 0. The molecule has 3 aromatic rings. The van der Waals surface area contributed by atoms with E-state index in [0.717, 1.165) is 35.5 Å². The van der Waals surface area contributed by atoms with Gasteiger partial charge >= 0.3 is 0 Å². The van der Waals surface area contributed by atoms with Crippen LogP contribution >= 0.6 is 11.8 Å². The summed E-state index contributed by atoms with van der Waals surface area (Å²) in [6.45, 7) is 1.94. The van der Waals surface area contributed by atoms with Gasteiger partial charge in [0.05, 0.1) is 11.7 Å². The highest BCUT2D eigenvalue weighted by molar-refractivity contribution is 7.98. The van der Waals surface area contributed by atoms with E-state index in [-0.39, 0.29) is 30.0 Å². The standard InChI is InChI=1S/C26H26F3N3O2S/c1-13-7-14(8-21(30)26(13)34)17-5-6-31-12-15(17)9-23(33)22-4-3-18(27)25(32-22)24-19(28)10-16(35-2)11-20(24)29/h3-6,10-14,21,26,34H,7-9,30H2,1-2H3/t13-,14+,21+,26-/m0/s1. The molecule has 0 saturated heterocycles. The lowest BCUT2D eigenvalue weighted by Gasteiger charge is -2.36. The first-order chi connectivity index (χ1) is 16.7. The number of hydrogen-bond donors (Lipinski definition) is 2. The summed E-state index contributed by atoms with van der Waals surface area (Å²) in [4.78, 5) is 21.6. The zero-order valence-electron chi connectivity index (χ0n) is 19.3. The van der Waals surface area contributed by atoms with Gasteiger partial charge in [-0.2, -0.15) is 0 Å². The number of nitrogens with zero attached hydrogens (tertiary/aromatic N) is 2. The van der Waals surface area contributed by atoms with Gasteiger partial charge in [-0.25, -0.2) is 18.2 Å². The number of Topliss-reactive ketones (excluding diaryl/α,β-unsaturated/α-hetero) is 1. The van der Waals surface area contributed by atoms with Gasteiger partial charge in [0.25, 0.3) is 0 Å². The molecule has 184 valence electrons. The van der Waals surface area contributed by atoms with Gasteiger partial charge in [0.2, 0.25) is 0 Å². The summed E-state index contributed by atoms with van der Waals surface area (Å²) >= 11 is 1.15. The predicted octanol–water partition coefficient (Wildman–Crippen LogP) is 4.91. The van der Waals surface area contributed by atoms with Crippen LogP contribution in [0.2, 0.25) is 0 Å². The molecule has 1 aliphatic carbocycles. The summed E-state index contributed by atoms with van der Waals surface area (Å²) in [6, 6.07) is 5.87. The number of aliphatic hydroxyl groups is 1. The number of rotatable bonds is 6. The number of ketones is 1. The molecule has 1 fully saturated rings. The summed E-state index contributed by atoms with van der Waals surface area (Å²) in [5.74, 6) is -3.22. The Kier molecular flexibility index (Phi) is 7.59. The van der Waals surface area contributed by atoms with Crippen LogP contribution in [0.1, 0.15) is 47.3 Å². The number of pyridine rings is 2. The molecule has 35 heavy (non-hydrogen) atoms. The maximum Gasteiger partial charge on any atom is 0.185 e. The van der Waals surface area contributed by atoms with Crippen LogP contribution < -0.4 is 5.73 Å². The maximum absolute atomic E-state index is 14.6. The van der Waals surface area contributed by atoms with E-state index >= 15 is 0 Å². The molecule has 0 amide bonds. The largest absolute Gasteiger partial charge is 0.391 e. The topological polar surface area (TPSA) is 89.1 Å². The number of nitrogens with two attached hydrogens (primary N) is 1. The van der Waals surface area contributed by atoms with Crippen LogP contribution in [0.3, 0.4) is 0 Å². The number of carbonyl (C=O) groups excluding carboxylic acids is 1. The summed E-state index contributed by atoms with van der Waals surface area (Å²) in [6.07, 6.45) is 5.54. The van der Waals surface area contributed by atoms with Gasteiger partial charge in [-0.3, -0.25) is 9.78 Å². The van der Waals surface area contributed by atoms with Gasteiger partial charge in [0, 0.05) is 29.8 Å². The lowest BCUT2D eigenvalue weighted by atomic mass is 9.74. The normalized spacial score (nSPS) is 22.3. The predicted molar refractivity (Wildman–Crippen MR) is 129 cm³/mol. The molecule has 0 aliphatic heterocycles. The van der Waals surface area contributed by atoms with Gasteiger partial charge in [0.15, 0.2) is 5.78 Å². The van der Waals surface area contributed by atoms with Crippen molar-refractivity contribution in [2.45, 2.75) is 49.1 Å². The van der Waals surface area contributed by atoms with E-state index in [9.17, 15) is 23.1 Å². The van der Waals surface area contributed by atoms with Crippen molar-refractivity contribution in [1.29, 1.82) is 0 Å². The van der Waals surface area contributed by atoms with E-state index in [1.54, 1.807) is 18.6 Å². The van der Waals surface area contributed by atoms with Crippen molar-refractivity contribution in [2.24, 2.45) is 11.7 Å². The molecule has 0 bridgehead atoms. The summed E-state index contributed by atoms with van der Waals surface area (Å²) in [5, 5.41) is 10.2. The van der Waals surface area contributed by atoms with Crippen LogP contribution in [0, 0.1) is 23.4 Å². The van der Waals surface area contributed by atoms with Crippen molar-refractivity contribution in [3.05, 3.63) is 77.0 Å². The van der Waals surface area contributed by atoms with E-state index in [2.05, 4.69) is 9.97 Å². The Morgan fingerprint density at radius 2 is 1.86 bits per heavy atom. The maximum atomic E-state index is 14.6. The van der Waals surface area contributed by atoms with Crippen molar-refractivity contribution < 1.29 is 23.1 Å². The van der Waals surface area contributed by atoms with E-state index in [0.29, 0.717) is 23.3 Å². The minimum absolute atomic E-state index is 0.00378. The number of hydrogen-bond acceptors (Lipinski definition) is 6. The smallest absolute Gasteiger partial charge is 0.185 e. The molecule has 0 unspecified atom stereocenters. The van der Waals surface area contributed by atoms with Crippen LogP contribution in [-0.2, 0) is 6.42 Å². The lowest BCUT2D eigenvalue weighted by Crippen LogP contribution is -2.44. The Labute approximate surface area is 206 Å². The third-order valence-electron chi connectivity index (χ3n) is 6.59. The highest BCUT2D eigenvalue weighted by Gasteiger charge is 2.34. The minimum atomic E-state index is -0.954. The van der Waals surface area contributed by atoms with Gasteiger partial charge in [-0.1, -0.05) is 6.92 Å². The summed E-state index contributed by atoms with van der Waals surface area (Å²) < 4.78 is 43.8. The molecule has 1 saturated carbocycles. The molecular weight excluding hydrogens is 475 g/mol. The van der Waals surface area contributed by atoms with Gasteiger partial charge < -0.3 is 10.8 Å². The number of benzene rings is 1. The van der Waals surface area contributed by atoms with Crippen LogP contribution in [0.4, 0.5) is 13.2 Å². The molecule has 3 N–H and O–H groups in total. The third kappa shape index (κ3) is 5.27. The molecule has 0 radical (unpaired) electrons. The van der Waals surface area contributed by atoms with Crippen molar-refractivity contribution in [3.8, 4) is 11.3 Å². The van der Waals surface area contributed by atoms with Gasteiger partial charge in [0.1, 0.15) is 28.8 Å². The fourth-order valence-electron chi connectivity index (χ4n) is 4.74. The Bertz CT molecular complexity index is 1220. The molecular formula is C26H26F3N3O2S. The zero-order valence-corrected chi connectivity index (χ0v) is 20.2. The Balaban J connectivity index is 1.64. The second-order valence-corrected chi connectivity index (χ2v) is 9.85. The van der Waals surface area contributed by atoms with Gasteiger partial charge in [-0.05, 0) is 72.4 Å². The zero-order chi connectivity index (χ0) is 25.3. The van der Waals surface area contributed by atoms with E-state index < -0.39 is 40.6 Å². The van der Waals surface area contributed by atoms with Crippen LogP contribution in [0.5, 0.6) is 0 Å². The first-order valence-corrected chi connectivity index (χ1v) is 12.5. The Morgan fingerprint density at radius 3 is 2.51 bits per heavy atom. The fraction of sp³-hybridized carbons (Fsp3) is 0.346. The minimum Gasteiger partial charge on any atom is -0.391 e. The van der Waals surface area contributed by atoms with Crippen LogP contribution in [0.25, 0.3) is 11.3 Å². The highest BCUT2D eigenvalue weighted by Crippen LogP contribution is 2.37.